The summed E-state index contributed by atoms with van der Waals surface area (Å²) in [4.78, 5) is 4.48. The Morgan fingerprint density at radius 1 is 1.05 bits per heavy atom. The highest BCUT2D eigenvalue weighted by Gasteiger charge is 2.16. The van der Waals surface area contributed by atoms with Crippen LogP contribution in [0.5, 0.6) is 0 Å². The van der Waals surface area contributed by atoms with Crippen molar-refractivity contribution in [2.24, 2.45) is 0 Å². The van der Waals surface area contributed by atoms with E-state index in [1.807, 2.05) is 38.3 Å². The Bertz CT molecular complexity index is 773. The maximum Gasteiger partial charge on any atom is 0.260 e. The smallest absolute Gasteiger partial charge is 0.260 e. The molecule has 0 aliphatic carbocycles. The number of rotatable bonds is 2. The Hall–Kier alpha value is -2.14. The van der Waals surface area contributed by atoms with Crippen molar-refractivity contribution >= 4 is 17.0 Å². The predicted molar refractivity (Wildman–Crippen MR) is 81.7 cm³/mol. The summed E-state index contributed by atoms with van der Waals surface area (Å²) < 4.78 is 5.38. The largest absolute Gasteiger partial charge is 0.398 e. The molecule has 20 heavy (non-hydrogen) atoms. The normalized spacial score (nSPS) is 10.9. The van der Waals surface area contributed by atoms with Crippen molar-refractivity contribution in [2.45, 2.75) is 20.8 Å². The summed E-state index contributed by atoms with van der Waals surface area (Å²) in [5.74, 6) is 1.08. The molecule has 2 aromatic heterocycles. The lowest BCUT2D eigenvalue weighted by Crippen LogP contribution is -1.95. The van der Waals surface area contributed by atoms with Gasteiger partial charge < -0.3 is 10.3 Å². The number of aryl methyl sites for hydroxylation is 3. The van der Waals surface area contributed by atoms with E-state index in [-0.39, 0.29) is 0 Å². The minimum absolute atomic E-state index is 0.468. The van der Waals surface area contributed by atoms with E-state index in [2.05, 4.69) is 15.5 Å². The minimum Gasteiger partial charge on any atom is -0.398 e. The Morgan fingerprint density at radius 3 is 2.55 bits per heavy atom. The minimum atomic E-state index is 0.468. The zero-order chi connectivity index (χ0) is 14.3. The van der Waals surface area contributed by atoms with E-state index in [0.29, 0.717) is 17.4 Å². The number of thiophene rings is 1. The average molecular weight is 285 g/mol. The number of aromatic nitrogens is 2. The Kier molecular flexibility index (Phi) is 3.06. The number of nitrogen functional groups attached to an aromatic ring is 1. The Balaban J connectivity index is 2.09. The molecule has 0 radical (unpaired) electrons. The molecule has 0 bridgehead atoms. The van der Waals surface area contributed by atoms with E-state index in [9.17, 15) is 0 Å². The van der Waals surface area contributed by atoms with E-state index < -0.39 is 0 Å². The van der Waals surface area contributed by atoms with Gasteiger partial charge >= 0.3 is 0 Å². The van der Waals surface area contributed by atoms with Gasteiger partial charge in [0.15, 0.2) is 0 Å². The summed E-state index contributed by atoms with van der Waals surface area (Å²) in [6.45, 7) is 6.04. The topological polar surface area (TPSA) is 64.9 Å². The van der Waals surface area contributed by atoms with Gasteiger partial charge in [0.1, 0.15) is 0 Å². The van der Waals surface area contributed by atoms with Crippen LogP contribution in [-0.2, 0) is 0 Å². The first-order valence-corrected chi connectivity index (χ1v) is 7.24. The summed E-state index contributed by atoms with van der Waals surface area (Å²) in [6, 6.07) is 4.01. The number of benzene rings is 1. The molecular weight excluding hydrogens is 270 g/mol. The lowest BCUT2D eigenvalue weighted by molar-refractivity contribution is 0.432. The molecule has 3 rings (SSSR count). The maximum absolute atomic E-state index is 6.12. The molecule has 102 valence electrons. The van der Waals surface area contributed by atoms with Gasteiger partial charge in [-0.15, -0.1) is 0 Å². The van der Waals surface area contributed by atoms with Gasteiger partial charge in [0.25, 0.3) is 5.89 Å². The van der Waals surface area contributed by atoms with Gasteiger partial charge in [0.2, 0.25) is 5.82 Å². The van der Waals surface area contributed by atoms with Gasteiger partial charge in [-0.2, -0.15) is 16.3 Å². The van der Waals surface area contributed by atoms with Gasteiger partial charge in [-0.25, -0.2) is 0 Å². The van der Waals surface area contributed by atoms with Crippen molar-refractivity contribution in [3.8, 4) is 22.8 Å². The molecule has 0 amide bonds. The highest BCUT2D eigenvalue weighted by Crippen LogP contribution is 2.31. The molecule has 0 aliphatic heterocycles. The van der Waals surface area contributed by atoms with Gasteiger partial charge in [-0.1, -0.05) is 11.2 Å². The van der Waals surface area contributed by atoms with Crippen LogP contribution in [0.3, 0.4) is 0 Å². The van der Waals surface area contributed by atoms with E-state index in [1.165, 1.54) is 0 Å². The summed E-state index contributed by atoms with van der Waals surface area (Å²) in [5, 5.41) is 8.15. The molecule has 0 saturated carbocycles. The highest BCUT2D eigenvalue weighted by atomic mass is 32.1. The molecular formula is C15H15N3OS. The Labute approximate surface area is 121 Å². The Morgan fingerprint density at radius 2 is 1.85 bits per heavy atom. The number of nitrogens with two attached hydrogens (primary N) is 1. The molecule has 0 fully saturated rings. The van der Waals surface area contributed by atoms with E-state index in [4.69, 9.17) is 10.3 Å². The third kappa shape index (κ3) is 2.10. The standard InChI is InChI=1S/C15H15N3OS/c1-8-4-9(2)13(16)11(5-8)15-17-14(18-19-15)12-7-20-6-10(12)3/h4-7H,16H2,1-3H3. The molecule has 2 heterocycles. The molecule has 0 aliphatic rings. The van der Waals surface area contributed by atoms with Crippen LogP contribution in [0.4, 0.5) is 5.69 Å². The van der Waals surface area contributed by atoms with Crippen molar-refractivity contribution in [1.29, 1.82) is 0 Å². The van der Waals surface area contributed by atoms with Crippen LogP contribution in [0.1, 0.15) is 16.7 Å². The fraction of sp³-hybridized carbons (Fsp3) is 0.200. The van der Waals surface area contributed by atoms with Crippen LogP contribution in [0.2, 0.25) is 0 Å². The molecule has 0 unspecified atom stereocenters. The monoisotopic (exact) mass is 285 g/mol. The first-order chi connectivity index (χ1) is 9.56. The predicted octanol–water partition coefficient (Wildman–Crippen LogP) is 3.97. The van der Waals surface area contributed by atoms with E-state index in [0.717, 1.165) is 27.8 Å². The van der Waals surface area contributed by atoms with Crippen molar-refractivity contribution < 1.29 is 4.52 Å². The zero-order valence-corrected chi connectivity index (χ0v) is 12.4. The van der Waals surface area contributed by atoms with Crippen molar-refractivity contribution in [3.05, 3.63) is 39.6 Å². The van der Waals surface area contributed by atoms with E-state index >= 15 is 0 Å². The molecule has 3 aromatic rings. The number of anilines is 1. The molecule has 0 spiro atoms. The number of hydrogen-bond donors (Lipinski definition) is 1. The highest BCUT2D eigenvalue weighted by molar-refractivity contribution is 7.08. The van der Waals surface area contributed by atoms with Crippen LogP contribution in [-0.4, -0.2) is 10.1 Å². The van der Waals surface area contributed by atoms with Crippen LogP contribution < -0.4 is 5.73 Å². The lowest BCUT2D eigenvalue weighted by Gasteiger charge is -2.06. The summed E-state index contributed by atoms with van der Waals surface area (Å²) in [5.41, 5.74) is 11.9. The average Bonchev–Trinajstić information content (AvgIpc) is 3.02. The van der Waals surface area contributed by atoms with Crippen LogP contribution in [0.25, 0.3) is 22.8 Å². The SMILES string of the molecule is Cc1cc(C)c(N)c(-c2nc(-c3cscc3C)no2)c1. The summed E-state index contributed by atoms with van der Waals surface area (Å²) in [6.07, 6.45) is 0. The fourth-order valence-corrected chi connectivity index (χ4v) is 3.01. The molecule has 5 heteroatoms. The van der Waals surface area contributed by atoms with Crippen molar-refractivity contribution in [2.75, 3.05) is 5.73 Å². The number of nitrogens with zero attached hydrogens (tertiary/aromatic N) is 2. The maximum atomic E-state index is 6.12. The van der Waals surface area contributed by atoms with Gasteiger partial charge in [-0.05, 0) is 48.9 Å². The molecule has 1 aromatic carbocycles. The van der Waals surface area contributed by atoms with Crippen LogP contribution in [0, 0.1) is 20.8 Å². The second-order valence-corrected chi connectivity index (χ2v) is 5.68. The first-order valence-electron chi connectivity index (χ1n) is 6.30. The lowest BCUT2D eigenvalue weighted by atomic mass is 10.0. The van der Waals surface area contributed by atoms with Crippen LogP contribution in [0.15, 0.2) is 27.4 Å². The van der Waals surface area contributed by atoms with Crippen LogP contribution >= 0.6 is 11.3 Å². The molecule has 0 saturated heterocycles. The molecule has 0 atom stereocenters. The van der Waals surface area contributed by atoms with Gasteiger partial charge in [-0.3, -0.25) is 0 Å². The molecule has 2 N–H and O–H groups in total. The van der Waals surface area contributed by atoms with Gasteiger partial charge in [0, 0.05) is 16.6 Å². The summed E-state index contributed by atoms with van der Waals surface area (Å²) in [7, 11) is 0. The molecule has 4 nitrogen and oxygen atoms in total. The zero-order valence-electron chi connectivity index (χ0n) is 11.6. The second-order valence-electron chi connectivity index (χ2n) is 4.93. The van der Waals surface area contributed by atoms with Gasteiger partial charge in [0.05, 0.1) is 5.56 Å². The van der Waals surface area contributed by atoms with E-state index in [1.54, 1.807) is 11.3 Å². The fourth-order valence-electron chi connectivity index (χ4n) is 2.19. The second kappa shape index (κ2) is 4.76. The quantitative estimate of drug-likeness (QED) is 0.723. The van der Waals surface area contributed by atoms with Crippen molar-refractivity contribution in [3.63, 3.8) is 0 Å². The van der Waals surface area contributed by atoms with Crippen molar-refractivity contribution in [1.82, 2.24) is 10.1 Å². The first kappa shape index (κ1) is 12.9. The third-order valence-corrected chi connectivity index (χ3v) is 4.15. The number of hydrogen-bond acceptors (Lipinski definition) is 5. The summed E-state index contributed by atoms with van der Waals surface area (Å²) >= 11 is 1.63. The third-order valence-electron chi connectivity index (χ3n) is 3.28.